The molecule has 0 amide bonds. The van der Waals surface area contributed by atoms with E-state index in [0.717, 1.165) is 0 Å². The molecule has 0 aliphatic heterocycles. The molecule has 1 N–H and O–H groups in total. The second kappa shape index (κ2) is 5.41. The molecule has 0 aromatic heterocycles. The van der Waals surface area contributed by atoms with Crippen molar-refractivity contribution in [2.24, 2.45) is 0 Å². The van der Waals surface area contributed by atoms with Gasteiger partial charge in [-0.05, 0) is 33.3 Å². The first kappa shape index (κ1) is 15.2. The average molecular weight is 269 g/mol. The second-order valence-electron chi connectivity index (χ2n) is 5.63. The molecule has 0 heterocycles. The van der Waals surface area contributed by atoms with Crippen molar-refractivity contribution in [1.82, 2.24) is 5.32 Å². The van der Waals surface area contributed by atoms with E-state index in [9.17, 15) is 8.42 Å². The first-order valence-electron chi connectivity index (χ1n) is 6.09. The number of aryl methyl sites for hydroxylation is 2. The molecule has 0 fully saturated rings. The zero-order valence-electron chi connectivity index (χ0n) is 11.9. The Balaban J connectivity index is 2.62. The predicted molar refractivity (Wildman–Crippen MR) is 76.5 cm³/mol. The van der Waals surface area contributed by atoms with Gasteiger partial charge in [-0.15, -0.1) is 0 Å². The number of hydrogen-bond acceptors (Lipinski definition) is 3. The minimum atomic E-state index is -3.04. The molecule has 3 nitrogen and oxygen atoms in total. The lowest BCUT2D eigenvalue weighted by atomic mass is 10.1. The fourth-order valence-electron chi connectivity index (χ4n) is 1.81. The third kappa shape index (κ3) is 4.10. The van der Waals surface area contributed by atoms with Crippen molar-refractivity contribution < 1.29 is 8.42 Å². The Morgan fingerprint density at radius 3 is 2.06 bits per heavy atom. The summed E-state index contributed by atoms with van der Waals surface area (Å²) in [6.45, 7) is 8.78. The molecule has 0 atom stereocenters. The average Bonchev–Trinajstić information content (AvgIpc) is 2.13. The fraction of sp³-hybridized carbons (Fsp3) is 0.571. The maximum atomic E-state index is 11.6. The molecule has 0 saturated carbocycles. The molecule has 18 heavy (non-hydrogen) atoms. The lowest BCUT2D eigenvalue weighted by molar-refractivity contribution is 0.521. The van der Waals surface area contributed by atoms with E-state index in [1.165, 1.54) is 22.9 Å². The quantitative estimate of drug-likeness (QED) is 0.891. The number of nitrogens with one attached hydrogen (secondary N) is 1. The van der Waals surface area contributed by atoms with Crippen molar-refractivity contribution in [3.63, 3.8) is 0 Å². The lowest BCUT2D eigenvalue weighted by Crippen LogP contribution is -2.41. The summed E-state index contributed by atoms with van der Waals surface area (Å²) in [6.07, 6.45) is 1.28. The predicted octanol–water partition coefficient (Wildman–Crippen LogP) is 2.22. The van der Waals surface area contributed by atoms with Crippen LogP contribution in [0.5, 0.6) is 0 Å². The zero-order chi connectivity index (χ0) is 14.0. The number of sulfone groups is 1. The first-order chi connectivity index (χ1) is 8.12. The number of rotatable bonds is 5. The maximum absolute atomic E-state index is 11.6. The Kier molecular flexibility index (Phi) is 4.56. The van der Waals surface area contributed by atoms with Gasteiger partial charge in [0.25, 0.3) is 0 Å². The highest BCUT2D eigenvalue weighted by Crippen LogP contribution is 2.14. The van der Waals surface area contributed by atoms with Gasteiger partial charge in [-0.3, -0.25) is 0 Å². The van der Waals surface area contributed by atoms with Gasteiger partial charge in [0.1, 0.15) is 0 Å². The molecule has 0 radical (unpaired) electrons. The molecule has 0 saturated heterocycles. The smallest absolute Gasteiger partial charge is 0.153 e. The molecule has 0 spiro atoms. The third-order valence-corrected chi connectivity index (χ3v) is 5.32. The van der Waals surface area contributed by atoms with Gasteiger partial charge in [0.15, 0.2) is 9.84 Å². The fourth-order valence-corrected chi connectivity index (χ4v) is 2.17. The highest BCUT2D eigenvalue weighted by molar-refractivity contribution is 7.92. The van der Waals surface area contributed by atoms with Crippen LogP contribution in [-0.4, -0.2) is 26.0 Å². The Labute approximate surface area is 111 Å². The Morgan fingerprint density at radius 2 is 1.61 bits per heavy atom. The van der Waals surface area contributed by atoms with E-state index >= 15 is 0 Å². The van der Waals surface area contributed by atoms with Gasteiger partial charge in [-0.1, -0.05) is 29.3 Å². The van der Waals surface area contributed by atoms with Crippen molar-refractivity contribution in [1.29, 1.82) is 0 Å². The minimum Gasteiger partial charge on any atom is -0.311 e. The van der Waals surface area contributed by atoms with E-state index in [2.05, 4.69) is 37.4 Å². The Morgan fingerprint density at radius 1 is 1.11 bits per heavy atom. The van der Waals surface area contributed by atoms with Gasteiger partial charge >= 0.3 is 0 Å². The Bertz CT molecular complexity index is 498. The van der Waals surface area contributed by atoms with Gasteiger partial charge in [0.05, 0.1) is 4.75 Å². The van der Waals surface area contributed by atoms with Gasteiger partial charge in [-0.25, -0.2) is 8.42 Å². The summed E-state index contributed by atoms with van der Waals surface area (Å²) in [6, 6.07) is 6.37. The summed E-state index contributed by atoms with van der Waals surface area (Å²) in [5.74, 6) is 0. The van der Waals surface area contributed by atoms with E-state index in [1.807, 2.05) is 0 Å². The van der Waals surface area contributed by atoms with E-state index in [-0.39, 0.29) is 0 Å². The van der Waals surface area contributed by atoms with Crippen LogP contribution < -0.4 is 5.32 Å². The standard InChI is InChI=1S/C14H23NO2S/c1-11-6-12(2)8-13(7-11)9-15-10-14(3,4)18(5,16)17/h6-8,15H,9-10H2,1-5H3. The monoisotopic (exact) mass is 269 g/mol. The molecule has 102 valence electrons. The van der Waals surface area contributed by atoms with Gasteiger partial charge < -0.3 is 5.32 Å². The second-order valence-corrected chi connectivity index (χ2v) is 8.28. The van der Waals surface area contributed by atoms with Crippen molar-refractivity contribution in [2.45, 2.75) is 39.0 Å². The summed E-state index contributed by atoms with van der Waals surface area (Å²) < 4.78 is 22.4. The highest BCUT2D eigenvalue weighted by atomic mass is 32.2. The molecule has 0 aliphatic carbocycles. The van der Waals surface area contributed by atoms with E-state index in [0.29, 0.717) is 13.1 Å². The molecular weight excluding hydrogens is 246 g/mol. The minimum absolute atomic E-state index is 0.457. The number of hydrogen-bond donors (Lipinski definition) is 1. The van der Waals surface area contributed by atoms with Crippen LogP contribution in [0.4, 0.5) is 0 Å². The van der Waals surface area contributed by atoms with Crippen LogP contribution in [-0.2, 0) is 16.4 Å². The van der Waals surface area contributed by atoms with Crippen molar-refractivity contribution in [3.8, 4) is 0 Å². The maximum Gasteiger partial charge on any atom is 0.153 e. The molecule has 4 heteroatoms. The number of benzene rings is 1. The molecule has 1 rings (SSSR count). The SMILES string of the molecule is Cc1cc(C)cc(CNCC(C)(C)S(C)(=O)=O)c1. The van der Waals surface area contributed by atoms with Crippen LogP contribution in [0, 0.1) is 13.8 Å². The zero-order valence-corrected chi connectivity index (χ0v) is 12.7. The van der Waals surface area contributed by atoms with Gasteiger partial charge in [0.2, 0.25) is 0 Å². The normalized spacial score (nSPS) is 12.7. The van der Waals surface area contributed by atoms with Crippen molar-refractivity contribution in [2.75, 3.05) is 12.8 Å². The van der Waals surface area contributed by atoms with E-state index in [1.54, 1.807) is 13.8 Å². The molecule has 0 aliphatic rings. The summed E-state index contributed by atoms with van der Waals surface area (Å²) >= 11 is 0. The largest absolute Gasteiger partial charge is 0.311 e. The summed E-state index contributed by atoms with van der Waals surface area (Å²) in [5.41, 5.74) is 3.65. The van der Waals surface area contributed by atoms with Crippen LogP contribution in [0.15, 0.2) is 18.2 Å². The molecule has 0 bridgehead atoms. The molecule has 0 unspecified atom stereocenters. The van der Waals surface area contributed by atoms with Crippen LogP contribution in [0.3, 0.4) is 0 Å². The van der Waals surface area contributed by atoms with Gasteiger partial charge in [0, 0.05) is 19.3 Å². The highest BCUT2D eigenvalue weighted by Gasteiger charge is 2.29. The lowest BCUT2D eigenvalue weighted by Gasteiger charge is -2.23. The van der Waals surface area contributed by atoms with Crippen LogP contribution in [0.1, 0.15) is 30.5 Å². The van der Waals surface area contributed by atoms with Crippen molar-refractivity contribution in [3.05, 3.63) is 34.9 Å². The van der Waals surface area contributed by atoms with Crippen molar-refractivity contribution >= 4 is 9.84 Å². The summed E-state index contributed by atoms with van der Waals surface area (Å²) in [5, 5.41) is 3.22. The van der Waals surface area contributed by atoms with Gasteiger partial charge in [-0.2, -0.15) is 0 Å². The van der Waals surface area contributed by atoms with Crippen LogP contribution in [0.2, 0.25) is 0 Å². The topological polar surface area (TPSA) is 46.2 Å². The first-order valence-corrected chi connectivity index (χ1v) is 7.98. The van der Waals surface area contributed by atoms with E-state index in [4.69, 9.17) is 0 Å². The molecule has 1 aromatic carbocycles. The summed E-state index contributed by atoms with van der Waals surface area (Å²) in [7, 11) is -3.04. The summed E-state index contributed by atoms with van der Waals surface area (Å²) in [4.78, 5) is 0. The third-order valence-electron chi connectivity index (χ3n) is 3.17. The molecular formula is C14H23NO2S. The van der Waals surface area contributed by atoms with E-state index < -0.39 is 14.6 Å². The molecule has 1 aromatic rings. The van der Waals surface area contributed by atoms with Crippen LogP contribution >= 0.6 is 0 Å². The Hall–Kier alpha value is -0.870. The van der Waals surface area contributed by atoms with Crippen LogP contribution in [0.25, 0.3) is 0 Å².